The molecule has 1 heterocycles. The molecule has 1 aromatic heterocycles. The molecule has 0 saturated heterocycles. The minimum Gasteiger partial charge on any atom is -0.456 e. The van der Waals surface area contributed by atoms with Crippen molar-refractivity contribution in [2.24, 2.45) is 0 Å². The lowest BCUT2D eigenvalue weighted by atomic mass is 10.0. The Morgan fingerprint density at radius 2 is 1.63 bits per heavy atom. The van der Waals surface area contributed by atoms with Crippen LogP contribution in [0.25, 0.3) is 21.9 Å². The number of rotatable bonds is 11. The summed E-state index contributed by atoms with van der Waals surface area (Å²) in [5.41, 5.74) is 1.47. The Kier molecular flexibility index (Phi) is 11.7. The van der Waals surface area contributed by atoms with E-state index >= 15 is 0 Å². The topological polar surface area (TPSA) is 91.1 Å². The number of likely N-dealkylation sites (N-methyl/N-ethyl adjacent to an activating group) is 1. The summed E-state index contributed by atoms with van der Waals surface area (Å²) in [6, 6.07) is 10.0. The normalized spacial score (nSPS) is 11.9. The maximum absolute atomic E-state index is 13.5. The molecule has 0 radical (unpaired) electrons. The number of nitrogens with zero attached hydrogens (tertiary/aromatic N) is 2. The molecule has 0 aliphatic heterocycles. The fraction of sp³-hybridized carbons (Fsp3) is 0.500. The second kappa shape index (κ2) is 13.9. The van der Waals surface area contributed by atoms with Crippen LogP contribution in [0.3, 0.4) is 0 Å². The van der Waals surface area contributed by atoms with Crippen molar-refractivity contribution in [2.45, 2.75) is 44.9 Å². The van der Waals surface area contributed by atoms with Crippen molar-refractivity contribution in [1.29, 1.82) is 0 Å². The largest absolute Gasteiger partial charge is 0.456 e. The molecule has 0 saturated carbocycles. The SMILES string of the molecule is CCCN(CCC)S(=O)(=O)c1ccc2oc3cccc(CCN(C)CCO)c3c(=O)c2c1.CCCl. The van der Waals surface area contributed by atoms with Gasteiger partial charge < -0.3 is 14.4 Å². The zero-order valence-corrected chi connectivity index (χ0v) is 22.7. The quantitative estimate of drug-likeness (QED) is 0.294. The molecule has 3 rings (SSSR count). The minimum atomic E-state index is -3.70. The van der Waals surface area contributed by atoms with Crippen LogP contribution in [0.5, 0.6) is 0 Å². The Labute approximate surface area is 213 Å². The fourth-order valence-electron chi connectivity index (χ4n) is 3.91. The van der Waals surface area contributed by atoms with Gasteiger partial charge in [-0.3, -0.25) is 4.79 Å². The summed E-state index contributed by atoms with van der Waals surface area (Å²) in [6.45, 7) is 7.95. The number of benzene rings is 2. The first kappa shape index (κ1) is 29.3. The van der Waals surface area contributed by atoms with Gasteiger partial charge in [0.25, 0.3) is 0 Å². The van der Waals surface area contributed by atoms with Gasteiger partial charge in [0, 0.05) is 32.1 Å². The Bertz CT molecular complexity index is 1250. The van der Waals surface area contributed by atoms with Crippen LogP contribution in [0, 0.1) is 0 Å². The Balaban J connectivity index is 0.00000137. The average molecular weight is 525 g/mol. The lowest BCUT2D eigenvalue weighted by Crippen LogP contribution is -2.32. The van der Waals surface area contributed by atoms with E-state index in [4.69, 9.17) is 21.1 Å². The van der Waals surface area contributed by atoms with Gasteiger partial charge in [-0.1, -0.05) is 32.9 Å². The molecule has 0 atom stereocenters. The van der Waals surface area contributed by atoms with Gasteiger partial charge in [-0.15, -0.1) is 11.6 Å². The third-order valence-electron chi connectivity index (χ3n) is 5.58. The van der Waals surface area contributed by atoms with E-state index in [0.29, 0.717) is 62.0 Å². The maximum atomic E-state index is 13.5. The van der Waals surface area contributed by atoms with Gasteiger partial charge in [0.05, 0.1) is 22.3 Å². The number of sulfonamides is 1. The van der Waals surface area contributed by atoms with Crippen LogP contribution in [0.2, 0.25) is 0 Å². The van der Waals surface area contributed by atoms with E-state index in [0.717, 1.165) is 11.4 Å². The summed E-state index contributed by atoms with van der Waals surface area (Å²) in [4.78, 5) is 15.6. The molecule has 0 unspecified atom stereocenters. The lowest BCUT2D eigenvalue weighted by Gasteiger charge is -2.21. The van der Waals surface area contributed by atoms with E-state index in [2.05, 4.69) is 0 Å². The molecule has 0 bridgehead atoms. The Morgan fingerprint density at radius 3 is 2.23 bits per heavy atom. The summed E-state index contributed by atoms with van der Waals surface area (Å²) < 4.78 is 33.9. The van der Waals surface area contributed by atoms with Crippen LogP contribution in [0.15, 0.2) is 50.5 Å². The van der Waals surface area contributed by atoms with Crippen LogP contribution < -0.4 is 5.43 Å². The van der Waals surface area contributed by atoms with Crippen molar-refractivity contribution >= 4 is 43.6 Å². The van der Waals surface area contributed by atoms with Gasteiger partial charge in [-0.25, -0.2) is 8.42 Å². The monoisotopic (exact) mass is 524 g/mol. The summed E-state index contributed by atoms with van der Waals surface area (Å²) in [6.07, 6.45) is 2.05. The fourth-order valence-corrected chi connectivity index (χ4v) is 5.56. The van der Waals surface area contributed by atoms with Crippen LogP contribution in [-0.2, 0) is 16.4 Å². The minimum absolute atomic E-state index is 0.0726. The molecule has 9 heteroatoms. The molecule has 7 nitrogen and oxygen atoms in total. The highest BCUT2D eigenvalue weighted by atomic mass is 35.5. The highest BCUT2D eigenvalue weighted by molar-refractivity contribution is 7.89. The number of halogens is 1. The summed E-state index contributed by atoms with van der Waals surface area (Å²) in [5, 5.41) is 9.85. The van der Waals surface area contributed by atoms with Gasteiger partial charge in [0.1, 0.15) is 11.2 Å². The number of fused-ring (bicyclic) bond motifs is 2. The standard InChI is InChI=1S/C24H32N2O5S.C2H5Cl/c1-4-12-26(13-5-2)32(29,30)19-9-10-21-20(17-19)24(28)23-18(7-6-8-22(23)31-21)11-14-25(3)15-16-27;1-2-3/h6-10,17,27H,4-5,11-16H2,1-3H3;2H2,1H3. The van der Waals surface area contributed by atoms with Crippen LogP contribution in [0.1, 0.15) is 39.2 Å². The third-order valence-corrected chi connectivity index (χ3v) is 7.48. The summed E-state index contributed by atoms with van der Waals surface area (Å²) >= 11 is 5.00. The van der Waals surface area contributed by atoms with Gasteiger partial charge in [-0.05, 0) is 56.1 Å². The molecular weight excluding hydrogens is 488 g/mol. The summed E-state index contributed by atoms with van der Waals surface area (Å²) in [7, 11) is -1.79. The second-order valence-corrected chi connectivity index (χ2v) is 10.8. The van der Waals surface area contributed by atoms with Gasteiger partial charge in [0.2, 0.25) is 15.5 Å². The molecular formula is C26H37ClN2O5S. The Hall–Kier alpha value is -1.97. The number of alkyl halides is 1. The van der Waals surface area contributed by atoms with Crippen molar-refractivity contribution in [1.82, 2.24) is 9.21 Å². The first-order valence-corrected chi connectivity index (χ1v) is 14.1. The third kappa shape index (κ3) is 7.27. The van der Waals surface area contributed by atoms with Crippen molar-refractivity contribution < 1.29 is 17.9 Å². The average Bonchev–Trinajstić information content (AvgIpc) is 2.83. The molecule has 0 amide bonds. The van der Waals surface area contributed by atoms with Gasteiger partial charge in [-0.2, -0.15) is 4.31 Å². The number of hydrogen-bond donors (Lipinski definition) is 1. The Morgan fingerprint density at radius 1 is 0.971 bits per heavy atom. The van der Waals surface area contributed by atoms with E-state index in [9.17, 15) is 13.2 Å². The smallest absolute Gasteiger partial charge is 0.243 e. The molecule has 1 N–H and O–H groups in total. The molecule has 0 aliphatic carbocycles. The second-order valence-electron chi connectivity index (χ2n) is 8.33. The molecule has 0 aliphatic rings. The van der Waals surface area contributed by atoms with Crippen molar-refractivity contribution in [2.75, 3.05) is 45.7 Å². The molecule has 2 aromatic carbocycles. The zero-order chi connectivity index (χ0) is 26.0. The van der Waals surface area contributed by atoms with Crippen LogP contribution >= 0.6 is 11.6 Å². The first-order chi connectivity index (χ1) is 16.7. The zero-order valence-electron chi connectivity index (χ0n) is 21.1. The van der Waals surface area contributed by atoms with E-state index in [1.54, 1.807) is 12.1 Å². The van der Waals surface area contributed by atoms with Crippen LogP contribution in [0.4, 0.5) is 0 Å². The first-order valence-electron chi connectivity index (χ1n) is 12.1. The molecule has 0 fully saturated rings. The van der Waals surface area contributed by atoms with Crippen molar-refractivity contribution in [3.63, 3.8) is 0 Å². The maximum Gasteiger partial charge on any atom is 0.243 e. The van der Waals surface area contributed by atoms with E-state index in [1.165, 1.54) is 16.4 Å². The lowest BCUT2D eigenvalue weighted by molar-refractivity contribution is 0.223. The highest BCUT2D eigenvalue weighted by Gasteiger charge is 2.24. The van der Waals surface area contributed by atoms with E-state index in [-0.39, 0.29) is 22.3 Å². The number of aliphatic hydroxyl groups is 1. The predicted molar refractivity (Wildman–Crippen MR) is 144 cm³/mol. The summed E-state index contributed by atoms with van der Waals surface area (Å²) in [5.74, 6) is 0.722. The van der Waals surface area contributed by atoms with Crippen molar-refractivity contribution in [3.8, 4) is 0 Å². The van der Waals surface area contributed by atoms with Crippen LogP contribution in [-0.4, -0.2) is 68.4 Å². The molecule has 35 heavy (non-hydrogen) atoms. The number of aliphatic hydroxyl groups excluding tert-OH is 1. The highest BCUT2D eigenvalue weighted by Crippen LogP contribution is 2.25. The van der Waals surface area contributed by atoms with E-state index < -0.39 is 10.0 Å². The molecule has 194 valence electrons. The van der Waals surface area contributed by atoms with Gasteiger partial charge >= 0.3 is 0 Å². The van der Waals surface area contributed by atoms with E-state index in [1.807, 2.05) is 44.9 Å². The molecule has 0 spiro atoms. The number of hydrogen-bond acceptors (Lipinski definition) is 6. The predicted octanol–water partition coefficient (Wildman–Crippen LogP) is 4.47. The van der Waals surface area contributed by atoms with Crippen molar-refractivity contribution in [3.05, 3.63) is 52.2 Å². The molecule has 3 aromatic rings. The van der Waals surface area contributed by atoms with Gasteiger partial charge in [0.15, 0.2) is 0 Å².